The first kappa shape index (κ1) is 19.1. The van der Waals surface area contributed by atoms with Gasteiger partial charge in [-0.2, -0.15) is 4.98 Å². The van der Waals surface area contributed by atoms with Crippen LogP contribution >= 0.6 is 0 Å². The number of aromatic nitrogens is 2. The van der Waals surface area contributed by atoms with E-state index in [2.05, 4.69) is 20.8 Å². The number of amides is 2. The Hall–Kier alpha value is -3.19. The lowest BCUT2D eigenvalue weighted by molar-refractivity contribution is 0.205. The van der Waals surface area contributed by atoms with E-state index in [9.17, 15) is 4.79 Å². The summed E-state index contributed by atoms with van der Waals surface area (Å²) in [5.74, 6) is 0.976. The Labute approximate surface area is 169 Å². The molecule has 1 saturated carbocycles. The van der Waals surface area contributed by atoms with Gasteiger partial charge in [0, 0.05) is 18.7 Å². The molecule has 3 aromatic rings. The standard InChI is InChI=1S/C22H25N5O2/c23-14-16-8-10-18(11-9-16)19-25-20(29-27-19)22(12-4-5-13-22)26-21(28)24-15-17-6-2-1-3-7-17/h1-3,6-11H,4-5,12-15,23H2,(H2,24,26,28). The molecule has 2 amide bonds. The highest BCUT2D eigenvalue weighted by Gasteiger charge is 2.42. The SMILES string of the molecule is NCc1ccc(-c2noc(C3(NC(=O)NCc4ccccc4)CCCC3)n2)cc1. The molecule has 0 bridgehead atoms. The summed E-state index contributed by atoms with van der Waals surface area (Å²) >= 11 is 0. The van der Waals surface area contributed by atoms with Gasteiger partial charge in [-0.15, -0.1) is 0 Å². The molecular formula is C22H25N5O2. The second-order valence-corrected chi connectivity index (χ2v) is 7.41. The average Bonchev–Trinajstić information content (AvgIpc) is 3.44. The molecule has 2 aromatic carbocycles. The Morgan fingerprint density at radius 3 is 2.45 bits per heavy atom. The van der Waals surface area contributed by atoms with E-state index in [1.54, 1.807) is 0 Å². The minimum absolute atomic E-state index is 0.234. The zero-order chi connectivity index (χ0) is 20.1. The van der Waals surface area contributed by atoms with Gasteiger partial charge in [0.25, 0.3) is 5.89 Å². The second-order valence-electron chi connectivity index (χ2n) is 7.41. The fourth-order valence-corrected chi connectivity index (χ4v) is 3.74. The minimum Gasteiger partial charge on any atom is -0.336 e. The van der Waals surface area contributed by atoms with Gasteiger partial charge in [-0.25, -0.2) is 4.79 Å². The van der Waals surface area contributed by atoms with Crippen molar-refractivity contribution in [3.8, 4) is 11.4 Å². The predicted molar refractivity (Wildman–Crippen MR) is 110 cm³/mol. The molecule has 0 atom stereocenters. The molecule has 7 nitrogen and oxygen atoms in total. The number of rotatable bonds is 6. The van der Waals surface area contributed by atoms with E-state index >= 15 is 0 Å². The Kier molecular flexibility index (Phi) is 5.57. The lowest BCUT2D eigenvalue weighted by Crippen LogP contribution is -2.48. The quantitative estimate of drug-likeness (QED) is 0.597. The lowest BCUT2D eigenvalue weighted by atomic mass is 9.97. The third-order valence-corrected chi connectivity index (χ3v) is 5.39. The molecule has 7 heteroatoms. The van der Waals surface area contributed by atoms with E-state index in [-0.39, 0.29) is 6.03 Å². The summed E-state index contributed by atoms with van der Waals surface area (Å²) in [5, 5.41) is 10.2. The fourth-order valence-electron chi connectivity index (χ4n) is 3.74. The van der Waals surface area contributed by atoms with Crippen molar-refractivity contribution in [2.45, 2.75) is 44.3 Å². The number of hydrogen-bond donors (Lipinski definition) is 3. The summed E-state index contributed by atoms with van der Waals surface area (Å²) < 4.78 is 5.60. The van der Waals surface area contributed by atoms with Crippen LogP contribution in [0.15, 0.2) is 59.1 Å². The summed E-state index contributed by atoms with van der Waals surface area (Å²) in [4.78, 5) is 17.2. The molecule has 0 spiro atoms. The van der Waals surface area contributed by atoms with Gasteiger partial charge in [0.1, 0.15) is 5.54 Å². The highest BCUT2D eigenvalue weighted by Crippen LogP contribution is 2.38. The van der Waals surface area contributed by atoms with E-state index in [4.69, 9.17) is 10.3 Å². The van der Waals surface area contributed by atoms with Crippen LogP contribution in [-0.2, 0) is 18.6 Å². The van der Waals surface area contributed by atoms with E-state index < -0.39 is 5.54 Å². The molecule has 0 unspecified atom stereocenters. The number of nitrogens with two attached hydrogens (primary N) is 1. The third-order valence-electron chi connectivity index (χ3n) is 5.39. The summed E-state index contributed by atoms with van der Waals surface area (Å²) in [6, 6.07) is 17.3. The molecule has 1 fully saturated rings. The van der Waals surface area contributed by atoms with Crippen LogP contribution in [0.4, 0.5) is 4.79 Å². The van der Waals surface area contributed by atoms with Crippen molar-refractivity contribution in [1.29, 1.82) is 0 Å². The van der Waals surface area contributed by atoms with Crippen LogP contribution in [0.25, 0.3) is 11.4 Å². The van der Waals surface area contributed by atoms with Crippen molar-refractivity contribution >= 4 is 6.03 Å². The number of urea groups is 1. The summed E-state index contributed by atoms with van der Waals surface area (Å²) in [7, 11) is 0. The van der Waals surface area contributed by atoms with Crippen molar-refractivity contribution in [2.75, 3.05) is 0 Å². The minimum atomic E-state index is -0.622. The normalized spacial score (nSPS) is 15.2. The number of benzene rings is 2. The molecule has 4 rings (SSSR count). The summed E-state index contributed by atoms with van der Waals surface area (Å²) in [6.45, 7) is 0.953. The topological polar surface area (TPSA) is 106 Å². The predicted octanol–water partition coefficient (Wildman–Crippen LogP) is 3.46. The van der Waals surface area contributed by atoms with E-state index in [1.807, 2.05) is 54.6 Å². The second kappa shape index (κ2) is 8.45. The number of carbonyl (C=O) groups excluding carboxylic acids is 1. The monoisotopic (exact) mass is 391 g/mol. The molecule has 1 heterocycles. The molecule has 0 saturated heterocycles. The molecule has 150 valence electrons. The van der Waals surface area contributed by atoms with Crippen LogP contribution in [0.1, 0.15) is 42.7 Å². The zero-order valence-corrected chi connectivity index (χ0v) is 16.2. The largest absolute Gasteiger partial charge is 0.336 e. The molecule has 29 heavy (non-hydrogen) atoms. The summed E-state index contributed by atoms with van der Waals surface area (Å²) in [6.07, 6.45) is 3.56. The molecular weight excluding hydrogens is 366 g/mol. The first-order valence-electron chi connectivity index (χ1n) is 9.92. The summed E-state index contributed by atoms with van der Waals surface area (Å²) in [5.41, 5.74) is 7.98. The van der Waals surface area contributed by atoms with Crippen LogP contribution in [-0.4, -0.2) is 16.2 Å². The maximum atomic E-state index is 12.6. The lowest BCUT2D eigenvalue weighted by Gasteiger charge is -2.26. The third kappa shape index (κ3) is 4.30. The van der Waals surface area contributed by atoms with Gasteiger partial charge in [-0.1, -0.05) is 72.6 Å². The van der Waals surface area contributed by atoms with Crippen LogP contribution in [0.5, 0.6) is 0 Å². The van der Waals surface area contributed by atoms with Crippen molar-refractivity contribution < 1.29 is 9.32 Å². The highest BCUT2D eigenvalue weighted by molar-refractivity contribution is 5.75. The van der Waals surface area contributed by atoms with Crippen molar-refractivity contribution in [2.24, 2.45) is 5.73 Å². The van der Waals surface area contributed by atoms with Gasteiger partial charge in [0.05, 0.1) is 0 Å². The van der Waals surface area contributed by atoms with Crippen molar-refractivity contribution in [1.82, 2.24) is 20.8 Å². The first-order chi connectivity index (χ1) is 14.2. The van der Waals surface area contributed by atoms with Gasteiger partial charge >= 0.3 is 6.03 Å². The smallest absolute Gasteiger partial charge is 0.315 e. The van der Waals surface area contributed by atoms with Crippen LogP contribution < -0.4 is 16.4 Å². The average molecular weight is 391 g/mol. The Bertz CT molecular complexity index is 947. The number of nitrogens with zero attached hydrogens (tertiary/aromatic N) is 2. The van der Waals surface area contributed by atoms with Crippen LogP contribution in [0, 0.1) is 0 Å². The zero-order valence-electron chi connectivity index (χ0n) is 16.2. The highest BCUT2D eigenvalue weighted by atomic mass is 16.5. The molecule has 1 aliphatic rings. The fraction of sp³-hybridized carbons (Fsp3) is 0.318. The maximum absolute atomic E-state index is 12.6. The molecule has 4 N–H and O–H groups in total. The van der Waals surface area contributed by atoms with Crippen LogP contribution in [0.3, 0.4) is 0 Å². The first-order valence-corrected chi connectivity index (χ1v) is 9.92. The van der Waals surface area contributed by atoms with Gasteiger partial charge in [-0.05, 0) is 24.0 Å². The Morgan fingerprint density at radius 2 is 1.76 bits per heavy atom. The Morgan fingerprint density at radius 1 is 1.03 bits per heavy atom. The Balaban J connectivity index is 1.48. The van der Waals surface area contributed by atoms with Gasteiger partial charge < -0.3 is 20.9 Å². The molecule has 0 radical (unpaired) electrons. The molecule has 1 aromatic heterocycles. The van der Waals surface area contributed by atoms with Crippen molar-refractivity contribution in [3.05, 3.63) is 71.6 Å². The van der Waals surface area contributed by atoms with Gasteiger partial charge in [0.2, 0.25) is 5.82 Å². The number of hydrogen-bond acceptors (Lipinski definition) is 5. The van der Waals surface area contributed by atoms with E-state index in [1.165, 1.54) is 0 Å². The van der Waals surface area contributed by atoms with E-state index in [0.29, 0.717) is 24.8 Å². The maximum Gasteiger partial charge on any atom is 0.315 e. The van der Waals surface area contributed by atoms with Crippen LogP contribution in [0.2, 0.25) is 0 Å². The molecule has 1 aliphatic carbocycles. The number of carbonyl (C=O) groups is 1. The van der Waals surface area contributed by atoms with Gasteiger partial charge in [-0.3, -0.25) is 0 Å². The number of nitrogens with one attached hydrogen (secondary N) is 2. The van der Waals surface area contributed by atoms with Gasteiger partial charge in [0.15, 0.2) is 0 Å². The van der Waals surface area contributed by atoms with E-state index in [0.717, 1.165) is 42.4 Å². The molecule has 0 aliphatic heterocycles. The van der Waals surface area contributed by atoms with Crippen molar-refractivity contribution in [3.63, 3.8) is 0 Å².